The minimum Gasteiger partial charge on any atom is -0.508 e. The van der Waals surface area contributed by atoms with Crippen LogP contribution < -0.4 is 5.32 Å². The standard InChI is InChI=1S/C11H13NO3/c1-2-7-15-11(14)8-12-9-3-5-10(13)6-4-9/h2-6,12-13H,1,7-8H2. The minimum absolute atomic E-state index is 0.0958. The molecule has 0 heterocycles. The van der Waals surface area contributed by atoms with E-state index in [-0.39, 0.29) is 24.9 Å². The molecule has 0 bridgehead atoms. The Labute approximate surface area is 88.2 Å². The van der Waals surface area contributed by atoms with Crippen LogP contribution in [0.2, 0.25) is 0 Å². The van der Waals surface area contributed by atoms with Gasteiger partial charge in [-0.1, -0.05) is 12.7 Å². The van der Waals surface area contributed by atoms with Gasteiger partial charge in [0.1, 0.15) is 18.9 Å². The molecule has 0 aliphatic carbocycles. The van der Waals surface area contributed by atoms with Gasteiger partial charge in [-0.15, -0.1) is 0 Å². The number of phenolic OH excluding ortho intramolecular Hbond substituents is 1. The van der Waals surface area contributed by atoms with E-state index in [1.165, 1.54) is 18.2 Å². The van der Waals surface area contributed by atoms with E-state index in [0.717, 1.165) is 5.69 Å². The van der Waals surface area contributed by atoms with E-state index < -0.39 is 0 Å². The highest BCUT2D eigenvalue weighted by molar-refractivity contribution is 5.75. The molecule has 0 saturated heterocycles. The lowest BCUT2D eigenvalue weighted by atomic mass is 10.3. The molecular weight excluding hydrogens is 194 g/mol. The van der Waals surface area contributed by atoms with Gasteiger partial charge in [0.25, 0.3) is 0 Å². The van der Waals surface area contributed by atoms with Crippen molar-refractivity contribution < 1.29 is 14.6 Å². The second kappa shape index (κ2) is 5.70. The number of carbonyl (C=O) groups is 1. The maximum atomic E-state index is 11.1. The SMILES string of the molecule is C=CCOC(=O)CNc1ccc(O)cc1. The number of aromatic hydroxyl groups is 1. The molecule has 0 fully saturated rings. The number of ether oxygens (including phenoxy) is 1. The van der Waals surface area contributed by atoms with Crippen LogP contribution in [0.4, 0.5) is 5.69 Å². The van der Waals surface area contributed by atoms with Gasteiger partial charge in [0.2, 0.25) is 0 Å². The Morgan fingerprint density at radius 2 is 2.13 bits per heavy atom. The summed E-state index contributed by atoms with van der Waals surface area (Å²) in [6, 6.07) is 6.43. The second-order valence-corrected chi connectivity index (χ2v) is 2.87. The summed E-state index contributed by atoms with van der Waals surface area (Å²) >= 11 is 0. The fraction of sp³-hybridized carbons (Fsp3) is 0.182. The third-order valence-electron chi connectivity index (χ3n) is 1.67. The van der Waals surface area contributed by atoms with Crippen molar-refractivity contribution in [1.29, 1.82) is 0 Å². The molecule has 1 rings (SSSR count). The highest BCUT2D eigenvalue weighted by atomic mass is 16.5. The van der Waals surface area contributed by atoms with Crippen LogP contribution in [0.5, 0.6) is 5.75 Å². The van der Waals surface area contributed by atoms with Crippen molar-refractivity contribution in [3.8, 4) is 5.75 Å². The molecule has 1 aromatic rings. The number of rotatable bonds is 5. The molecule has 4 nitrogen and oxygen atoms in total. The van der Waals surface area contributed by atoms with Crippen LogP contribution >= 0.6 is 0 Å². The normalized spacial score (nSPS) is 9.33. The minimum atomic E-state index is -0.344. The molecule has 0 aliphatic heterocycles. The Kier molecular flexibility index (Phi) is 4.22. The molecule has 80 valence electrons. The van der Waals surface area contributed by atoms with Gasteiger partial charge >= 0.3 is 5.97 Å². The third kappa shape index (κ3) is 4.17. The van der Waals surface area contributed by atoms with Gasteiger partial charge in [-0.2, -0.15) is 0 Å². The van der Waals surface area contributed by atoms with Crippen molar-refractivity contribution in [2.75, 3.05) is 18.5 Å². The number of phenols is 1. The van der Waals surface area contributed by atoms with Crippen LogP contribution in [0.25, 0.3) is 0 Å². The lowest BCUT2D eigenvalue weighted by Gasteiger charge is -2.05. The van der Waals surface area contributed by atoms with Crippen molar-refractivity contribution in [2.24, 2.45) is 0 Å². The highest BCUT2D eigenvalue weighted by Crippen LogP contribution is 2.13. The monoisotopic (exact) mass is 207 g/mol. The number of benzene rings is 1. The summed E-state index contributed by atoms with van der Waals surface area (Å²) < 4.78 is 4.77. The van der Waals surface area contributed by atoms with Gasteiger partial charge in [-0.3, -0.25) is 4.79 Å². The summed E-state index contributed by atoms with van der Waals surface area (Å²) in [5.74, 6) is -0.155. The summed E-state index contributed by atoms with van der Waals surface area (Å²) in [5, 5.41) is 11.9. The number of hydrogen-bond acceptors (Lipinski definition) is 4. The molecule has 0 atom stereocenters. The zero-order valence-electron chi connectivity index (χ0n) is 8.27. The Balaban J connectivity index is 2.33. The number of esters is 1. The molecule has 0 amide bonds. The van der Waals surface area contributed by atoms with Crippen molar-refractivity contribution >= 4 is 11.7 Å². The summed E-state index contributed by atoms with van der Waals surface area (Å²) in [6.45, 7) is 3.75. The first-order chi connectivity index (χ1) is 7.22. The smallest absolute Gasteiger partial charge is 0.325 e. The summed E-state index contributed by atoms with van der Waals surface area (Å²) in [6.07, 6.45) is 1.51. The number of nitrogens with one attached hydrogen (secondary N) is 1. The Morgan fingerprint density at radius 1 is 1.47 bits per heavy atom. The van der Waals surface area contributed by atoms with Gasteiger partial charge in [0.15, 0.2) is 0 Å². The van der Waals surface area contributed by atoms with E-state index in [1.54, 1.807) is 12.1 Å². The third-order valence-corrected chi connectivity index (χ3v) is 1.67. The van der Waals surface area contributed by atoms with Crippen molar-refractivity contribution in [3.63, 3.8) is 0 Å². The first kappa shape index (κ1) is 11.1. The Hall–Kier alpha value is -1.97. The van der Waals surface area contributed by atoms with E-state index in [2.05, 4.69) is 11.9 Å². The van der Waals surface area contributed by atoms with Crippen molar-refractivity contribution in [3.05, 3.63) is 36.9 Å². The van der Waals surface area contributed by atoms with Crippen LogP contribution in [0.3, 0.4) is 0 Å². The molecule has 15 heavy (non-hydrogen) atoms. The van der Waals surface area contributed by atoms with Gasteiger partial charge in [-0.25, -0.2) is 0 Å². The predicted molar refractivity (Wildman–Crippen MR) is 57.8 cm³/mol. The molecular formula is C11H13NO3. The first-order valence-electron chi connectivity index (χ1n) is 4.52. The van der Waals surface area contributed by atoms with Crippen LogP contribution in [-0.4, -0.2) is 24.2 Å². The number of carbonyl (C=O) groups excluding carboxylic acids is 1. The summed E-state index contributed by atoms with van der Waals surface area (Å²) in [5.41, 5.74) is 0.753. The topological polar surface area (TPSA) is 58.6 Å². The lowest BCUT2D eigenvalue weighted by molar-refractivity contribution is -0.140. The fourth-order valence-electron chi connectivity index (χ4n) is 0.956. The molecule has 2 N–H and O–H groups in total. The lowest BCUT2D eigenvalue weighted by Crippen LogP contribution is -2.16. The Morgan fingerprint density at radius 3 is 2.73 bits per heavy atom. The molecule has 0 saturated carbocycles. The average molecular weight is 207 g/mol. The zero-order valence-corrected chi connectivity index (χ0v) is 8.27. The van der Waals surface area contributed by atoms with Gasteiger partial charge in [-0.05, 0) is 24.3 Å². The van der Waals surface area contributed by atoms with Gasteiger partial charge in [0, 0.05) is 5.69 Å². The maximum Gasteiger partial charge on any atom is 0.325 e. The highest BCUT2D eigenvalue weighted by Gasteiger charge is 2.00. The van der Waals surface area contributed by atoms with Crippen molar-refractivity contribution in [2.45, 2.75) is 0 Å². The van der Waals surface area contributed by atoms with Gasteiger partial charge in [0.05, 0.1) is 0 Å². The molecule has 0 aromatic heterocycles. The average Bonchev–Trinajstić information content (AvgIpc) is 2.25. The predicted octanol–water partition coefficient (Wildman–Crippen LogP) is 1.53. The first-order valence-corrected chi connectivity index (χ1v) is 4.52. The summed E-state index contributed by atoms with van der Waals surface area (Å²) in [4.78, 5) is 11.1. The molecule has 0 aliphatic rings. The summed E-state index contributed by atoms with van der Waals surface area (Å²) in [7, 11) is 0. The van der Waals surface area contributed by atoms with E-state index in [0.29, 0.717) is 0 Å². The van der Waals surface area contributed by atoms with E-state index in [1.807, 2.05) is 0 Å². The largest absolute Gasteiger partial charge is 0.508 e. The van der Waals surface area contributed by atoms with Crippen LogP contribution in [0.1, 0.15) is 0 Å². The van der Waals surface area contributed by atoms with E-state index in [4.69, 9.17) is 9.84 Å². The molecule has 0 unspecified atom stereocenters. The second-order valence-electron chi connectivity index (χ2n) is 2.87. The number of hydrogen-bond donors (Lipinski definition) is 2. The quantitative estimate of drug-likeness (QED) is 0.437. The number of anilines is 1. The molecule has 4 heteroatoms. The van der Waals surface area contributed by atoms with Crippen molar-refractivity contribution in [1.82, 2.24) is 0 Å². The maximum absolute atomic E-state index is 11.1. The van der Waals surface area contributed by atoms with Crippen LogP contribution in [-0.2, 0) is 9.53 Å². The van der Waals surface area contributed by atoms with E-state index >= 15 is 0 Å². The fourth-order valence-corrected chi connectivity index (χ4v) is 0.956. The molecule has 1 aromatic carbocycles. The Bertz CT molecular complexity index is 332. The molecule has 0 radical (unpaired) electrons. The van der Waals surface area contributed by atoms with E-state index in [9.17, 15) is 4.79 Å². The van der Waals surface area contributed by atoms with Crippen LogP contribution in [0.15, 0.2) is 36.9 Å². The van der Waals surface area contributed by atoms with Crippen LogP contribution in [0, 0.1) is 0 Å². The van der Waals surface area contributed by atoms with Gasteiger partial charge < -0.3 is 15.2 Å². The zero-order chi connectivity index (χ0) is 11.1. The molecule has 0 spiro atoms.